The van der Waals surface area contributed by atoms with Crippen molar-refractivity contribution in [3.63, 3.8) is 0 Å². The molecule has 1 saturated carbocycles. The molecule has 2 aliphatic rings. The zero-order valence-corrected chi connectivity index (χ0v) is 17.9. The quantitative estimate of drug-likeness (QED) is 0.0897. The van der Waals surface area contributed by atoms with Crippen molar-refractivity contribution in [1.29, 1.82) is 0 Å². The number of amides is 1. The maximum absolute atomic E-state index is 11.8. The molecular formula is C16H21NO21. The number of benzene rings is 1. The second-order valence-electron chi connectivity index (χ2n) is 8.43. The zero-order chi connectivity index (χ0) is 29.8. The van der Waals surface area contributed by atoms with Gasteiger partial charge in [0.15, 0.2) is 11.5 Å². The van der Waals surface area contributed by atoms with Gasteiger partial charge >= 0.3 is 6.16 Å². The Bertz CT molecular complexity index is 1140. The molecule has 38 heavy (non-hydrogen) atoms. The van der Waals surface area contributed by atoms with Gasteiger partial charge in [0.05, 0.1) is 5.56 Å². The molecule has 0 bridgehead atoms. The highest BCUT2D eigenvalue weighted by Crippen LogP contribution is 2.60. The fraction of sp³-hybridized carbons (Fsp3) is 0.562. The average Bonchev–Trinajstić information content (AvgIpc) is 2.91. The first-order valence-electron chi connectivity index (χ1n) is 9.52. The Morgan fingerprint density at radius 2 is 1.13 bits per heavy atom. The molecule has 22 nitrogen and oxygen atoms in total. The van der Waals surface area contributed by atoms with E-state index in [0.717, 1.165) is 0 Å². The highest BCUT2D eigenvalue weighted by molar-refractivity contribution is 5.89. The smallest absolute Gasteiger partial charge is 0.453 e. The molecule has 19 N–H and O–H groups in total. The van der Waals surface area contributed by atoms with E-state index in [1.54, 1.807) is 0 Å². The summed E-state index contributed by atoms with van der Waals surface area (Å²) in [6.07, 6.45) is -8.08. The first-order valence-corrected chi connectivity index (χ1v) is 9.52. The Morgan fingerprint density at radius 1 is 0.684 bits per heavy atom. The fourth-order valence-electron chi connectivity index (χ4n) is 3.89. The van der Waals surface area contributed by atoms with Crippen molar-refractivity contribution in [3.8, 4) is 28.7 Å². The van der Waals surface area contributed by atoms with Crippen molar-refractivity contribution >= 4 is 5.91 Å². The number of hydrogen-bond acceptors (Lipinski definition) is 21. The van der Waals surface area contributed by atoms with Gasteiger partial charge in [-0.2, -0.15) is 0 Å². The molecule has 0 spiro atoms. The van der Waals surface area contributed by atoms with E-state index in [1.807, 2.05) is 0 Å². The highest BCUT2D eigenvalue weighted by Gasteiger charge is 2.85. The minimum absolute atomic E-state index is 1.18. The van der Waals surface area contributed by atoms with Crippen molar-refractivity contribution in [2.75, 3.05) is 0 Å². The standard InChI is InChI=1S/C16H21NO21/c18-2-1(7-10(22,23)9(21)17-13(7,28)29)3(19)5(6(4(2)20)38-16(34,35)36)37-8-11(24,25)14(30,31)15(32,33)12(8,26)27/h7-8,18-20,22-36H,(H,17,21). The van der Waals surface area contributed by atoms with E-state index >= 15 is 0 Å². The predicted molar refractivity (Wildman–Crippen MR) is 99.8 cm³/mol. The Balaban J connectivity index is 2.38. The van der Waals surface area contributed by atoms with E-state index in [2.05, 4.69) is 9.47 Å². The summed E-state index contributed by atoms with van der Waals surface area (Å²) in [7, 11) is 0. The molecule has 2 fully saturated rings. The maximum Gasteiger partial charge on any atom is 0.453 e. The van der Waals surface area contributed by atoms with E-state index < -0.39 is 93.2 Å². The third-order valence-electron chi connectivity index (χ3n) is 5.81. The van der Waals surface area contributed by atoms with Crippen molar-refractivity contribution in [2.45, 2.75) is 53.0 Å². The zero-order valence-electron chi connectivity index (χ0n) is 17.9. The summed E-state index contributed by atoms with van der Waals surface area (Å²) in [4.78, 5) is 11.8. The second kappa shape index (κ2) is 7.82. The van der Waals surface area contributed by atoms with Crippen LogP contribution in [-0.2, 0) is 4.79 Å². The van der Waals surface area contributed by atoms with Crippen molar-refractivity contribution in [2.24, 2.45) is 0 Å². The van der Waals surface area contributed by atoms with Gasteiger partial charge in [-0.3, -0.25) is 10.1 Å². The first-order chi connectivity index (χ1) is 16.7. The molecule has 0 radical (unpaired) electrons. The van der Waals surface area contributed by atoms with Crippen molar-refractivity contribution in [1.82, 2.24) is 5.32 Å². The van der Waals surface area contributed by atoms with Gasteiger partial charge < -0.3 is 101 Å². The number of ether oxygens (including phenoxy) is 2. The molecular weight excluding hydrogens is 542 g/mol. The van der Waals surface area contributed by atoms with Crippen molar-refractivity contribution < 1.29 is 106 Å². The normalized spacial score (nSPS) is 26.7. The number of rotatable bonds is 5. The van der Waals surface area contributed by atoms with E-state index in [4.69, 9.17) is 15.3 Å². The van der Waals surface area contributed by atoms with Crippen LogP contribution in [-0.4, -0.2) is 145 Å². The molecule has 1 unspecified atom stereocenters. The number of aromatic hydroxyl groups is 3. The highest BCUT2D eigenvalue weighted by atomic mass is 16.9. The van der Waals surface area contributed by atoms with E-state index in [-0.39, 0.29) is 0 Å². The summed E-state index contributed by atoms with van der Waals surface area (Å²) in [5.41, 5.74) is -1.75. The summed E-state index contributed by atoms with van der Waals surface area (Å²) in [6, 6.07) is 0. The van der Waals surface area contributed by atoms with Crippen LogP contribution in [0.1, 0.15) is 11.5 Å². The molecule has 0 aromatic heterocycles. The molecule has 1 saturated heterocycles. The van der Waals surface area contributed by atoms with E-state index in [9.17, 15) is 81.4 Å². The number of carbonyl (C=O) groups is 1. The molecule has 216 valence electrons. The number of phenols is 3. The van der Waals surface area contributed by atoms with Gasteiger partial charge in [0.2, 0.25) is 23.4 Å². The summed E-state index contributed by atoms with van der Waals surface area (Å²) in [5, 5.41) is 179. The largest absolute Gasteiger partial charge is 0.504 e. The summed E-state index contributed by atoms with van der Waals surface area (Å²) in [5.74, 6) is -41.7. The Morgan fingerprint density at radius 3 is 1.50 bits per heavy atom. The third-order valence-corrected chi connectivity index (χ3v) is 5.81. The fourth-order valence-corrected chi connectivity index (χ4v) is 3.89. The van der Waals surface area contributed by atoms with Gasteiger partial charge in [-0.1, -0.05) is 0 Å². The molecule has 22 heteroatoms. The SMILES string of the molecule is O=C1NC(O)(O)C(c2c(O)c(O)c(OC(O)(O)O)c(OC3C(O)(O)C(O)(O)C(O)(O)C3(O)O)c2O)C1(O)O. The number of carbonyl (C=O) groups excluding carboxylic acids is 1. The molecule has 3 rings (SSSR count). The minimum Gasteiger partial charge on any atom is -0.504 e. The molecule has 1 aromatic rings. The van der Waals surface area contributed by atoms with Gasteiger partial charge in [-0.25, -0.2) is 0 Å². The topological polar surface area (TPSA) is 412 Å². The van der Waals surface area contributed by atoms with Crippen LogP contribution in [0.5, 0.6) is 28.7 Å². The van der Waals surface area contributed by atoms with Crippen LogP contribution in [0, 0.1) is 0 Å². The van der Waals surface area contributed by atoms with Crippen LogP contribution in [0.4, 0.5) is 0 Å². The number of nitrogens with one attached hydrogen (secondary N) is 1. The first kappa shape index (κ1) is 29.6. The number of aliphatic hydroxyl groups is 15. The van der Waals surface area contributed by atoms with Gasteiger partial charge in [-0.15, -0.1) is 0 Å². The van der Waals surface area contributed by atoms with Crippen LogP contribution in [0.15, 0.2) is 0 Å². The van der Waals surface area contributed by atoms with Crippen LogP contribution >= 0.6 is 0 Å². The lowest BCUT2D eigenvalue weighted by atomic mass is 9.87. The van der Waals surface area contributed by atoms with E-state index in [1.165, 1.54) is 5.32 Å². The van der Waals surface area contributed by atoms with Crippen LogP contribution in [0.25, 0.3) is 0 Å². The van der Waals surface area contributed by atoms with Gasteiger partial charge in [0.25, 0.3) is 40.8 Å². The Labute approximate surface area is 205 Å². The molecule has 1 heterocycles. The summed E-state index contributed by atoms with van der Waals surface area (Å²) < 4.78 is 8.51. The third kappa shape index (κ3) is 3.69. The molecule has 1 atom stereocenters. The predicted octanol–water partition coefficient (Wildman–Crippen LogP) is -10.2. The van der Waals surface area contributed by atoms with Gasteiger partial charge in [0, 0.05) is 0 Å². The summed E-state index contributed by atoms with van der Waals surface area (Å²) in [6.45, 7) is 0. The lowest BCUT2D eigenvalue weighted by molar-refractivity contribution is -0.452. The second-order valence-corrected chi connectivity index (χ2v) is 8.43. The Kier molecular flexibility index (Phi) is 6.10. The number of phenolic OH excluding ortho intramolecular Hbond substituents is 3. The molecule has 1 amide bonds. The number of hydrogen-bond donors (Lipinski definition) is 19. The van der Waals surface area contributed by atoms with Gasteiger partial charge in [0.1, 0.15) is 5.92 Å². The van der Waals surface area contributed by atoms with Gasteiger partial charge in [-0.05, 0) is 0 Å². The lowest BCUT2D eigenvalue weighted by Crippen LogP contribution is -2.66. The van der Waals surface area contributed by atoms with Crippen LogP contribution < -0.4 is 14.8 Å². The molecule has 1 aliphatic heterocycles. The average molecular weight is 563 g/mol. The monoisotopic (exact) mass is 563 g/mol. The van der Waals surface area contributed by atoms with Crippen LogP contribution in [0.3, 0.4) is 0 Å². The van der Waals surface area contributed by atoms with Crippen molar-refractivity contribution in [3.05, 3.63) is 5.56 Å². The molecule has 1 aromatic carbocycles. The van der Waals surface area contributed by atoms with Crippen LogP contribution in [0.2, 0.25) is 0 Å². The summed E-state index contributed by atoms with van der Waals surface area (Å²) >= 11 is 0. The van der Waals surface area contributed by atoms with E-state index in [0.29, 0.717) is 0 Å². The minimum atomic E-state index is -4.75. The molecule has 1 aliphatic carbocycles. The Hall–Kier alpha value is -2.91. The maximum atomic E-state index is 11.8. The lowest BCUT2D eigenvalue weighted by Gasteiger charge is -2.34.